The van der Waals surface area contributed by atoms with Crippen LogP contribution in [0.2, 0.25) is 0 Å². The van der Waals surface area contributed by atoms with Crippen LogP contribution in [-0.4, -0.2) is 36.1 Å². The monoisotopic (exact) mass is 292 g/mol. The van der Waals surface area contributed by atoms with E-state index in [0.717, 1.165) is 6.54 Å². The molecule has 2 nitrogen and oxygen atoms in total. The number of nitrogens with one attached hydrogen (secondary N) is 1. The molecule has 0 amide bonds. The third kappa shape index (κ3) is 3.71. The van der Waals surface area contributed by atoms with Crippen LogP contribution in [0, 0.1) is 0 Å². The van der Waals surface area contributed by atoms with Gasteiger partial charge in [-0.2, -0.15) is 0 Å². The second-order valence-electron chi connectivity index (χ2n) is 6.85. The quantitative estimate of drug-likeness (QED) is 0.695. The summed E-state index contributed by atoms with van der Waals surface area (Å²) in [6.45, 7) is 10.4. The Morgan fingerprint density at radius 2 is 1.76 bits per heavy atom. The second kappa shape index (κ2) is 8.33. The van der Waals surface area contributed by atoms with E-state index in [1.807, 2.05) is 0 Å². The zero-order valence-corrected chi connectivity index (χ0v) is 14.6. The molecule has 2 heteroatoms. The standard InChI is InChI=1S/C19H36N2/c1-4-20-18(17-13-9-7-8-10-14-17)19(15-11-12-16-19)21(5-2)6-3/h13,18,20H,4-12,14-16H2,1-3H3. The lowest BCUT2D eigenvalue weighted by Crippen LogP contribution is -2.60. The van der Waals surface area contributed by atoms with Crippen LogP contribution in [0.4, 0.5) is 0 Å². The maximum Gasteiger partial charge on any atom is 0.0466 e. The largest absolute Gasteiger partial charge is 0.309 e. The Morgan fingerprint density at radius 3 is 2.38 bits per heavy atom. The van der Waals surface area contributed by atoms with Gasteiger partial charge >= 0.3 is 0 Å². The molecule has 122 valence electrons. The Kier molecular flexibility index (Phi) is 6.75. The van der Waals surface area contributed by atoms with Crippen molar-refractivity contribution in [2.24, 2.45) is 0 Å². The van der Waals surface area contributed by atoms with Crippen molar-refractivity contribution in [1.82, 2.24) is 10.2 Å². The van der Waals surface area contributed by atoms with E-state index in [4.69, 9.17) is 0 Å². The molecule has 1 saturated carbocycles. The molecular weight excluding hydrogens is 256 g/mol. The van der Waals surface area contributed by atoms with E-state index in [9.17, 15) is 0 Å². The van der Waals surface area contributed by atoms with Gasteiger partial charge < -0.3 is 5.32 Å². The summed E-state index contributed by atoms with van der Waals surface area (Å²) in [4.78, 5) is 2.76. The Labute approximate surface area is 132 Å². The molecule has 0 heterocycles. The van der Waals surface area contributed by atoms with Crippen molar-refractivity contribution in [3.63, 3.8) is 0 Å². The number of likely N-dealkylation sites (N-methyl/N-ethyl adjacent to an activating group) is 2. The minimum Gasteiger partial charge on any atom is -0.309 e. The molecule has 1 fully saturated rings. The summed E-state index contributed by atoms with van der Waals surface area (Å²) >= 11 is 0. The molecule has 0 aromatic carbocycles. The van der Waals surface area contributed by atoms with Gasteiger partial charge in [-0.3, -0.25) is 4.90 Å². The lowest BCUT2D eigenvalue weighted by Gasteiger charge is -2.47. The molecule has 1 N–H and O–H groups in total. The molecule has 0 aromatic heterocycles. The lowest BCUT2D eigenvalue weighted by atomic mass is 9.80. The van der Waals surface area contributed by atoms with Gasteiger partial charge in [-0.15, -0.1) is 0 Å². The number of allylic oxidation sites excluding steroid dienone is 1. The fourth-order valence-electron chi connectivity index (χ4n) is 4.80. The fraction of sp³-hybridized carbons (Fsp3) is 0.895. The molecule has 0 bridgehead atoms. The highest BCUT2D eigenvalue weighted by Crippen LogP contribution is 2.41. The average molecular weight is 293 g/mol. The highest BCUT2D eigenvalue weighted by molar-refractivity contribution is 5.22. The van der Waals surface area contributed by atoms with E-state index in [2.05, 4.69) is 37.1 Å². The summed E-state index contributed by atoms with van der Waals surface area (Å²) in [5.74, 6) is 0. The number of hydrogen-bond donors (Lipinski definition) is 1. The van der Waals surface area contributed by atoms with E-state index in [-0.39, 0.29) is 0 Å². The predicted octanol–water partition coefficient (Wildman–Crippen LogP) is 4.51. The van der Waals surface area contributed by atoms with Gasteiger partial charge in [0.25, 0.3) is 0 Å². The highest BCUT2D eigenvalue weighted by Gasteiger charge is 2.45. The van der Waals surface area contributed by atoms with E-state index >= 15 is 0 Å². The molecule has 1 atom stereocenters. The number of nitrogens with zero attached hydrogens (tertiary/aromatic N) is 1. The van der Waals surface area contributed by atoms with Crippen LogP contribution in [0.15, 0.2) is 11.6 Å². The van der Waals surface area contributed by atoms with Crippen LogP contribution < -0.4 is 5.32 Å². The van der Waals surface area contributed by atoms with Gasteiger partial charge in [-0.25, -0.2) is 0 Å². The first-order chi connectivity index (χ1) is 10.3. The van der Waals surface area contributed by atoms with Gasteiger partial charge in [0, 0.05) is 11.6 Å². The van der Waals surface area contributed by atoms with E-state index in [0.29, 0.717) is 11.6 Å². The Balaban J connectivity index is 2.29. The van der Waals surface area contributed by atoms with Crippen LogP contribution >= 0.6 is 0 Å². The van der Waals surface area contributed by atoms with Crippen LogP contribution in [-0.2, 0) is 0 Å². The minimum atomic E-state index is 0.385. The van der Waals surface area contributed by atoms with Crippen molar-refractivity contribution >= 4 is 0 Å². The Hall–Kier alpha value is -0.340. The van der Waals surface area contributed by atoms with Crippen LogP contribution in [0.5, 0.6) is 0 Å². The SMILES string of the molecule is CCNC(C1=CCCCCC1)C1(N(CC)CC)CCCC1. The molecule has 2 aliphatic carbocycles. The molecule has 0 aliphatic heterocycles. The van der Waals surface area contributed by atoms with Crippen molar-refractivity contribution in [3.05, 3.63) is 11.6 Å². The van der Waals surface area contributed by atoms with Crippen molar-refractivity contribution in [1.29, 1.82) is 0 Å². The maximum atomic E-state index is 3.90. The zero-order valence-electron chi connectivity index (χ0n) is 14.6. The minimum absolute atomic E-state index is 0.385. The summed E-state index contributed by atoms with van der Waals surface area (Å²) in [5.41, 5.74) is 2.11. The van der Waals surface area contributed by atoms with Crippen LogP contribution in [0.3, 0.4) is 0 Å². The third-order valence-corrected chi connectivity index (χ3v) is 5.76. The molecular formula is C19H36N2. The Bertz CT molecular complexity index is 324. The summed E-state index contributed by atoms with van der Waals surface area (Å²) in [5, 5.41) is 3.90. The molecule has 2 rings (SSSR count). The van der Waals surface area contributed by atoms with Crippen molar-refractivity contribution in [2.45, 2.75) is 90.1 Å². The van der Waals surface area contributed by atoms with Gasteiger partial charge in [-0.05, 0) is 58.2 Å². The maximum absolute atomic E-state index is 3.90. The van der Waals surface area contributed by atoms with Crippen molar-refractivity contribution in [2.75, 3.05) is 19.6 Å². The van der Waals surface area contributed by atoms with Gasteiger partial charge in [0.15, 0.2) is 0 Å². The van der Waals surface area contributed by atoms with E-state index < -0.39 is 0 Å². The van der Waals surface area contributed by atoms with E-state index in [1.165, 1.54) is 70.9 Å². The van der Waals surface area contributed by atoms with Crippen molar-refractivity contribution in [3.8, 4) is 0 Å². The smallest absolute Gasteiger partial charge is 0.0466 e. The zero-order chi connectivity index (χ0) is 15.1. The fourth-order valence-corrected chi connectivity index (χ4v) is 4.80. The van der Waals surface area contributed by atoms with Crippen molar-refractivity contribution < 1.29 is 0 Å². The van der Waals surface area contributed by atoms with Gasteiger partial charge in [0.1, 0.15) is 0 Å². The van der Waals surface area contributed by atoms with Crippen LogP contribution in [0.1, 0.15) is 78.6 Å². The molecule has 2 aliphatic rings. The normalized spacial score (nSPS) is 23.9. The highest BCUT2D eigenvalue weighted by atomic mass is 15.2. The van der Waals surface area contributed by atoms with Crippen LogP contribution in [0.25, 0.3) is 0 Å². The first-order valence-electron chi connectivity index (χ1n) is 9.45. The number of hydrogen-bond acceptors (Lipinski definition) is 2. The summed E-state index contributed by atoms with van der Waals surface area (Å²) in [7, 11) is 0. The molecule has 0 saturated heterocycles. The summed E-state index contributed by atoms with van der Waals surface area (Å²) < 4.78 is 0. The topological polar surface area (TPSA) is 15.3 Å². The number of rotatable bonds is 7. The first-order valence-corrected chi connectivity index (χ1v) is 9.45. The Morgan fingerprint density at radius 1 is 1.05 bits per heavy atom. The molecule has 0 aromatic rings. The molecule has 21 heavy (non-hydrogen) atoms. The van der Waals surface area contributed by atoms with Gasteiger partial charge in [0.2, 0.25) is 0 Å². The second-order valence-corrected chi connectivity index (χ2v) is 6.85. The lowest BCUT2D eigenvalue weighted by molar-refractivity contribution is 0.0747. The molecule has 0 radical (unpaired) electrons. The van der Waals surface area contributed by atoms with E-state index in [1.54, 1.807) is 5.57 Å². The summed E-state index contributed by atoms with van der Waals surface area (Å²) in [6, 6.07) is 0.586. The molecule has 1 unspecified atom stereocenters. The average Bonchev–Trinajstić information content (AvgIpc) is 2.83. The summed E-state index contributed by atoms with van der Waals surface area (Å²) in [6.07, 6.45) is 15.0. The van der Waals surface area contributed by atoms with Gasteiger partial charge in [-0.1, -0.05) is 51.7 Å². The third-order valence-electron chi connectivity index (χ3n) is 5.76. The predicted molar refractivity (Wildman–Crippen MR) is 92.8 cm³/mol. The molecule has 0 spiro atoms. The first kappa shape index (κ1) is 17.0. The van der Waals surface area contributed by atoms with Gasteiger partial charge in [0.05, 0.1) is 0 Å².